The summed E-state index contributed by atoms with van der Waals surface area (Å²) in [6.07, 6.45) is 0. The smallest absolute Gasteiger partial charge is 0.0192 e. The van der Waals surface area contributed by atoms with Gasteiger partial charge in [0.25, 0.3) is 0 Å². The Morgan fingerprint density at radius 3 is 2.14 bits per heavy atom. The SMILES string of the molecule is CC1CN(C)C(C)CN(C)C(C)CN1. The lowest BCUT2D eigenvalue weighted by Crippen LogP contribution is -2.42. The summed E-state index contributed by atoms with van der Waals surface area (Å²) in [5.41, 5.74) is 0. The summed E-state index contributed by atoms with van der Waals surface area (Å²) in [7, 11) is 4.43. The van der Waals surface area contributed by atoms with Crippen LogP contribution in [0.3, 0.4) is 0 Å². The van der Waals surface area contributed by atoms with E-state index in [4.69, 9.17) is 0 Å². The Balaban J connectivity index is 2.60. The Labute approximate surface area is 88.5 Å². The van der Waals surface area contributed by atoms with Gasteiger partial charge in [-0.1, -0.05) is 0 Å². The van der Waals surface area contributed by atoms with Gasteiger partial charge in [0.1, 0.15) is 0 Å². The molecule has 0 aliphatic carbocycles. The summed E-state index contributed by atoms with van der Waals surface area (Å²) in [6, 6.07) is 1.87. The molecule has 14 heavy (non-hydrogen) atoms. The minimum absolute atomic E-state index is 0.594. The molecule has 0 radical (unpaired) electrons. The number of nitrogens with one attached hydrogen (secondary N) is 1. The monoisotopic (exact) mass is 199 g/mol. The van der Waals surface area contributed by atoms with E-state index in [-0.39, 0.29) is 0 Å². The van der Waals surface area contributed by atoms with E-state index in [9.17, 15) is 0 Å². The molecule has 84 valence electrons. The molecule has 1 fully saturated rings. The molecule has 1 saturated heterocycles. The number of likely N-dealkylation sites (N-methyl/N-ethyl adjacent to an activating group) is 2. The van der Waals surface area contributed by atoms with Gasteiger partial charge in [0.15, 0.2) is 0 Å². The second-order valence-electron chi connectivity index (χ2n) is 4.89. The lowest BCUT2D eigenvalue weighted by molar-refractivity contribution is 0.178. The molecule has 0 aromatic heterocycles. The zero-order valence-corrected chi connectivity index (χ0v) is 10.2. The van der Waals surface area contributed by atoms with Crippen molar-refractivity contribution in [2.75, 3.05) is 33.7 Å². The zero-order chi connectivity index (χ0) is 10.7. The van der Waals surface area contributed by atoms with Gasteiger partial charge in [-0.25, -0.2) is 0 Å². The van der Waals surface area contributed by atoms with Crippen LogP contribution in [0.1, 0.15) is 20.8 Å². The molecule has 1 aliphatic rings. The fraction of sp³-hybridized carbons (Fsp3) is 1.00. The maximum atomic E-state index is 3.57. The standard InChI is InChI=1S/C11H25N3/c1-9-7-13(4)11(3)8-14(5)10(2)6-12-9/h9-12H,6-8H2,1-5H3. The molecule has 3 nitrogen and oxygen atoms in total. The van der Waals surface area contributed by atoms with Gasteiger partial charge in [-0.05, 0) is 34.9 Å². The lowest BCUT2D eigenvalue weighted by Gasteiger charge is -2.30. The van der Waals surface area contributed by atoms with E-state index in [0.29, 0.717) is 18.1 Å². The normalized spacial score (nSPS) is 38.8. The summed E-state index contributed by atoms with van der Waals surface area (Å²) in [6.45, 7) is 10.3. The van der Waals surface area contributed by atoms with Crippen molar-refractivity contribution in [3.05, 3.63) is 0 Å². The first kappa shape index (κ1) is 12.0. The quantitative estimate of drug-likeness (QED) is 0.617. The molecule has 1 N–H and O–H groups in total. The van der Waals surface area contributed by atoms with Crippen LogP contribution in [0, 0.1) is 0 Å². The second kappa shape index (κ2) is 5.10. The van der Waals surface area contributed by atoms with Crippen molar-refractivity contribution in [1.82, 2.24) is 15.1 Å². The molecule has 0 bridgehead atoms. The highest BCUT2D eigenvalue weighted by molar-refractivity contribution is 4.79. The van der Waals surface area contributed by atoms with E-state index < -0.39 is 0 Å². The van der Waals surface area contributed by atoms with Crippen LogP contribution in [0.2, 0.25) is 0 Å². The van der Waals surface area contributed by atoms with E-state index in [1.165, 1.54) is 0 Å². The number of rotatable bonds is 0. The van der Waals surface area contributed by atoms with E-state index in [1.807, 2.05) is 0 Å². The molecule has 1 rings (SSSR count). The molecular formula is C11H25N3. The fourth-order valence-electron chi connectivity index (χ4n) is 1.94. The molecule has 0 aromatic carbocycles. The third kappa shape index (κ3) is 3.23. The largest absolute Gasteiger partial charge is 0.311 e. The van der Waals surface area contributed by atoms with Gasteiger partial charge in [0.2, 0.25) is 0 Å². The van der Waals surface area contributed by atoms with E-state index in [2.05, 4.69) is 50.0 Å². The third-order valence-electron chi connectivity index (χ3n) is 3.38. The molecule has 3 unspecified atom stereocenters. The Morgan fingerprint density at radius 1 is 0.929 bits per heavy atom. The maximum Gasteiger partial charge on any atom is 0.0192 e. The highest BCUT2D eigenvalue weighted by atomic mass is 15.2. The summed E-state index contributed by atoms with van der Waals surface area (Å²) >= 11 is 0. The topological polar surface area (TPSA) is 18.5 Å². The molecule has 3 atom stereocenters. The van der Waals surface area contributed by atoms with Crippen LogP contribution in [0.4, 0.5) is 0 Å². The van der Waals surface area contributed by atoms with Crippen LogP contribution >= 0.6 is 0 Å². The summed E-state index contributed by atoms with van der Waals surface area (Å²) in [4.78, 5) is 4.87. The number of nitrogens with zero attached hydrogens (tertiary/aromatic N) is 2. The average molecular weight is 199 g/mol. The molecular weight excluding hydrogens is 174 g/mol. The average Bonchev–Trinajstić information content (AvgIpc) is 2.15. The molecule has 0 saturated carbocycles. The Kier molecular flexibility index (Phi) is 4.35. The van der Waals surface area contributed by atoms with Gasteiger partial charge in [0, 0.05) is 37.8 Å². The predicted molar refractivity (Wildman–Crippen MR) is 61.6 cm³/mol. The Hall–Kier alpha value is -0.120. The van der Waals surface area contributed by atoms with Crippen LogP contribution in [0.15, 0.2) is 0 Å². The number of hydrogen-bond acceptors (Lipinski definition) is 3. The summed E-state index contributed by atoms with van der Waals surface area (Å²) in [5.74, 6) is 0. The van der Waals surface area contributed by atoms with Crippen molar-refractivity contribution in [1.29, 1.82) is 0 Å². The zero-order valence-electron chi connectivity index (χ0n) is 10.2. The van der Waals surface area contributed by atoms with Crippen LogP contribution in [0.5, 0.6) is 0 Å². The first-order chi connectivity index (χ1) is 6.50. The van der Waals surface area contributed by atoms with Crippen molar-refractivity contribution in [3.8, 4) is 0 Å². The van der Waals surface area contributed by atoms with E-state index >= 15 is 0 Å². The van der Waals surface area contributed by atoms with Crippen molar-refractivity contribution in [3.63, 3.8) is 0 Å². The third-order valence-corrected chi connectivity index (χ3v) is 3.38. The van der Waals surface area contributed by atoms with Crippen LogP contribution in [-0.4, -0.2) is 61.7 Å². The molecule has 0 spiro atoms. The minimum Gasteiger partial charge on any atom is -0.311 e. The molecule has 0 amide bonds. The molecule has 0 aromatic rings. The Morgan fingerprint density at radius 2 is 1.50 bits per heavy atom. The lowest BCUT2D eigenvalue weighted by atomic mass is 10.2. The van der Waals surface area contributed by atoms with Gasteiger partial charge in [-0.3, -0.25) is 0 Å². The minimum atomic E-state index is 0.594. The van der Waals surface area contributed by atoms with Gasteiger partial charge >= 0.3 is 0 Å². The van der Waals surface area contributed by atoms with E-state index in [0.717, 1.165) is 19.6 Å². The maximum absolute atomic E-state index is 3.57. The van der Waals surface area contributed by atoms with Crippen molar-refractivity contribution < 1.29 is 0 Å². The fourth-order valence-corrected chi connectivity index (χ4v) is 1.94. The first-order valence-electron chi connectivity index (χ1n) is 5.64. The van der Waals surface area contributed by atoms with Gasteiger partial charge in [-0.15, -0.1) is 0 Å². The molecule has 3 heteroatoms. The summed E-state index contributed by atoms with van der Waals surface area (Å²) in [5, 5.41) is 3.57. The Bertz CT molecular complexity index is 172. The van der Waals surface area contributed by atoms with Gasteiger partial charge in [-0.2, -0.15) is 0 Å². The van der Waals surface area contributed by atoms with Crippen molar-refractivity contribution >= 4 is 0 Å². The van der Waals surface area contributed by atoms with Gasteiger partial charge in [0.05, 0.1) is 0 Å². The highest BCUT2D eigenvalue weighted by Gasteiger charge is 2.20. The van der Waals surface area contributed by atoms with E-state index in [1.54, 1.807) is 0 Å². The highest BCUT2D eigenvalue weighted by Crippen LogP contribution is 2.05. The first-order valence-corrected chi connectivity index (χ1v) is 5.64. The molecule has 1 aliphatic heterocycles. The van der Waals surface area contributed by atoms with Gasteiger partial charge < -0.3 is 15.1 Å². The van der Waals surface area contributed by atoms with Crippen molar-refractivity contribution in [2.45, 2.75) is 38.9 Å². The van der Waals surface area contributed by atoms with Crippen LogP contribution in [0.25, 0.3) is 0 Å². The molecule has 1 heterocycles. The van der Waals surface area contributed by atoms with Crippen LogP contribution in [-0.2, 0) is 0 Å². The number of hydrogen-bond donors (Lipinski definition) is 1. The second-order valence-corrected chi connectivity index (χ2v) is 4.89. The van der Waals surface area contributed by atoms with Crippen molar-refractivity contribution in [2.24, 2.45) is 0 Å². The predicted octanol–water partition coefficient (Wildman–Crippen LogP) is 0.619. The van der Waals surface area contributed by atoms with Crippen LogP contribution < -0.4 is 5.32 Å². The summed E-state index contributed by atoms with van der Waals surface area (Å²) < 4.78 is 0.